The smallest absolute Gasteiger partial charge is 0.406 e. The Kier molecular flexibility index (Phi) is 5.34. The lowest BCUT2D eigenvalue weighted by molar-refractivity contribution is -0.274. The van der Waals surface area contributed by atoms with Crippen molar-refractivity contribution in [2.45, 2.75) is 46.6 Å². The molecule has 0 bridgehead atoms. The van der Waals surface area contributed by atoms with E-state index >= 15 is 0 Å². The van der Waals surface area contributed by atoms with Crippen LogP contribution in [0.2, 0.25) is 0 Å². The van der Waals surface area contributed by atoms with Gasteiger partial charge < -0.3 is 15.4 Å². The van der Waals surface area contributed by atoms with Crippen LogP contribution >= 0.6 is 0 Å². The highest BCUT2D eigenvalue weighted by atomic mass is 19.4. The second kappa shape index (κ2) is 7.01. The van der Waals surface area contributed by atoms with E-state index in [1.807, 2.05) is 27.7 Å². The molecule has 0 amide bonds. The maximum atomic E-state index is 12.3. The van der Waals surface area contributed by atoms with Crippen molar-refractivity contribution >= 4 is 11.4 Å². The third-order valence-corrected chi connectivity index (χ3v) is 4.17. The maximum Gasteiger partial charge on any atom is 0.573 e. The van der Waals surface area contributed by atoms with Crippen molar-refractivity contribution in [3.05, 3.63) is 50.3 Å². The summed E-state index contributed by atoms with van der Waals surface area (Å²) in [5.74, 6) is -0.346. The number of benzene rings is 1. The van der Waals surface area contributed by atoms with Crippen LogP contribution in [0.4, 0.5) is 24.5 Å². The number of anilines is 2. The van der Waals surface area contributed by atoms with Crippen molar-refractivity contribution in [1.82, 2.24) is 0 Å². The molecule has 0 spiro atoms. The van der Waals surface area contributed by atoms with E-state index in [-0.39, 0.29) is 35.1 Å². The van der Waals surface area contributed by atoms with Crippen LogP contribution in [0.15, 0.2) is 33.9 Å². The Balaban J connectivity index is 2.09. The predicted octanol–water partition coefficient (Wildman–Crippen LogP) is 3.64. The number of halogens is 3. The summed E-state index contributed by atoms with van der Waals surface area (Å²) >= 11 is 0. The Labute approximate surface area is 148 Å². The molecule has 142 valence electrons. The monoisotopic (exact) mass is 370 g/mol. The molecule has 0 aliphatic carbocycles. The Bertz CT molecular complexity index is 847. The molecule has 8 heteroatoms. The summed E-state index contributed by atoms with van der Waals surface area (Å²) in [4.78, 5) is 23.6. The highest BCUT2D eigenvalue weighted by molar-refractivity contribution is 5.74. The standard InChI is InChI=1S/C18H21F3N2O3/c1-10(17(2,3)4)23-14-13(15(24)16(14)25)22-9-11-6-5-7-12(8-11)26-18(19,20)21/h5-8,10,22-23H,9H2,1-4H3/t10-/m1/s1. The van der Waals surface area contributed by atoms with Crippen molar-refractivity contribution in [2.75, 3.05) is 10.6 Å². The predicted molar refractivity (Wildman–Crippen MR) is 94.3 cm³/mol. The van der Waals surface area contributed by atoms with Gasteiger partial charge in [0.2, 0.25) is 0 Å². The summed E-state index contributed by atoms with van der Waals surface area (Å²) in [6.45, 7) is 7.97. The molecule has 0 saturated heterocycles. The van der Waals surface area contributed by atoms with E-state index in [1.165, 1.54) is 18.2 Å². The molecule has 0 aliphatic heterocycles. The lowest BCUT2D eigenvalue weighted by Gasteiger charge is -2.30. The van der Waals surface area contributed by atoms with Crippen LogP contribution in [-0.4, -0.2) is 12.4 Å². The second-order valence-electron chi connectivity index (χ2n) is 7.19. The Morgan fingerprint density at radius 3 is 2.27 bits per heavy atom. The SMILES string of the molecule is C[C@@H](Nc1c(NCc2cccc(OC(F)(F)F)c2)c(=O)c1=O)C(C)(C)C. The third kappa shape index (κ3) is 4.77. The third-order valence-electron chi connectivity index (χ3n) is 4.17. The minimum atomic E-state index is -4.77. The minimum absolute atomic E-state index is 0.0603. The molecule has 2 rings (SSSR count). The number of hydrogen-bond donors (Lipinski definition) is 2. The van der Waals surface area contributed by atoms with Gasteiger partial charge in [0.05, 0.1) is 0 Å². The number of ether oxygens (including phenoxy) is 1. The number of hydrogen-bond acceptors (Lipinski definition) is 5. The van der Waals surface area contributed by atoms with E-state index < -0.39 is 17.2 Å². The summed E-state index contributed by atoms with van der Waals surface area (Å²) in [5, 5.41) is 5.86. The summed E-state index contributed by atoms with van der Waals surface area (Å²) in [6.07, 6.45) is -4.77. The van der Waals surface area contributed by atoms with E-state index in [9.17, 15) is 22.8 Å². The molecule has 2 N–H and O–H groups in total. The molecule has 26 heavy (non-hydrogen) atoms. The quantitative estimate of drug-likeness (QED) is 0.760. The summed E-state index contributed by atoms with van der Waals surface area (Å²) in [5.41, 5.74) is -0.530. The van der Waals surface area contributed by atoms with Crippen molar-refractivity contribution in [1.29, 1.82) is 0 Å². The van der Waals surface area contributed by atoms with Crippen LogP contribution in [0.5, 0.6) is 5.75 Å². The van der Waals surface area contributed by atoms with Crippen molar-refractivity contribution < 1.29 is 17.9 Å². The fourth-order valence-corrected chi connectivity index (χ4v) is 2.17. The molecule has 0 fully saturated rings. The van der Waals surface area contributed by atoms with Gasteiger partial charge in [-0.2, -0.15) is 0 Å². The first-order valence-corrected chi connectivity index (χ1v) is 8.07. The zero-order valence-electron chi connectivity index (χ0n) is 15.0. The van der Waals surface area contributed by atoms with Gasteiger partial charge >= 0.3 is 6.36 Å². The summed E-state index contributed by atoms with van der Waals surface area (Å²) in [6, 6.07) is 5.35. The fraction of sp³-hybridized carbons (Fsp3) is 0.444. The van der Waals surface area contributed by atoms with Gasteiger partial charge in [0, 0.05) is 12.6 Å². The number of nitrogens with one attached hydrogen (secondary N) is 2. The minimum Gasteiger partial charge on any atom is -0.406 e. The van der Waals surface area contributed by atoms with E-state index in [4.69, 9.17) is 0 Å². The topological polar surface area (TPSA) is 67.4 Å². The van der Waals surface area contributed by atoms with Gasteiger partial charge in [0.25, 0.3) is 10.9 Å². The van der Waals surface area contributed by atoms with Gasteiger partial charge in [0.1, 0.15) is 17.1 Å². The van der Waals surface area contributed by atoms with Gasteiger partial charge in [-0.3, -0.25) is 9.59 Å². The highest BCUT2D eigenvalue weighted by Gasteiger charge is 2.31. The first kappa shape index (κ1) is 19.8. The first-order chi connectivity index (χ1) is 11.9. The van der Waals surface area contributed by atoms with E-state index in [0.29, 0.717) is 5.56 Å². The lowest BCUT2D eigenvalue weighted by atomic mass is 9.87. The Morgan fingerprint density at radius 2 is 1.69 bits per heavy atom. The first-order valence-electron chi connectivity index (χ1n) is 8.07. The molecule has 0 saturated carbocycles. The Morgan fingerprint density at radius 1 is 1.08 bits per heavy atom. The largest absolute Gasteiger partial charge is 0.573 e. The lowest BCUT2D eigenvalue weighted by Crippen LogP contribution is -2.41. The van der Waals surface area contributed by atoms with Crippen LogP contribution < -0.4 is 26.2 Å². The molecule has 2 aromatic rings. The van der Waals surface area contributed by atoms with Gasteiger partial charge in [-0.05, 0) is 30.0 Å². The van der Waals surface area contributed by atoms with Crippen molar-refractivity contribution in [3.63, 3.8) is 0 Å². The van der Waals surface area contributed by atoms with Crippen molar-refractivity contribution in [2.24, 2.45) is 5.41 Å². The zero-order valence-corrected chi connectivity index (χ0v) is 15.0. The van der Waals surface area contributed by atoms with Gasteiger partial charge in [-0.1, -0.05) is 32.9 Å². The zero-order chi connectivity index (χ0) is 19.7. The molecule has 0 aliphatic rings. The van der Waals surface area contributed by atoms with Crippen LogP contribution in [-0.2, 0) is 6.54 Å². The molecular formula is C18H21F3N2O3. The number of rotatable bonds is 6. The molecule has 1 atom stereocenters. The second-order valence-corrected chi connectivity index (χ2v) is 7.19. The highest BCUT2D eigenvalue weighted by Crippen LogP contribution is 2.26. The molecule has 2 aromatic carbocycles. The van der Waals surface area contributed by atoms with Crippen LogP contribution in [0.1, 0.15) is 33.3 Å². The molecule has 0 aromatic heterocycles. The van der Waals surface area contributed by atoms with E-state index in [0.717, 1.165) is 0 Å². The fourth-order valence-electron chi connectivity index (χ4n) is 2.17. The average molecular weight is 370 g/mol. The molecule has 5 nitrogen and oxygen atoms in total. The Hall–Kier alpha value is -2.51. The molecule has 0 radical (unpaired) electrons. The van der Waals surface area contributed by atoms with Crippen LogP contribution in [0.25, 0.3) is 0 Å². The molecule has 0 unspecified atom stereocenters. The molecule has 0 heterocycles. The summed E-state index contributed by atoms with van der Waals surface area (Å²) < 4.78 is 40.7. The maximum absolute atomic E-state index is 12.3. The van der Waals surface area contributed by atoms with Crippen LogP contribution in [0.3, 0.4) is 0 Å². The normalized spacial score (nSPS) is 13.5. The average Bonchev–Trinajstić information content (AvgIpc) is 2.51. The molecular weight excluding hydrogens is 349 g/mol. The van der Waals surface area contributed by atoms with Gasteiger partial charge in [-0.25, -0.2) is 0 Å². The number of alkyl halides is 3. The van der Waals surface area contributed by atoms with Crippen molar-refractivity contribution in [3.8, 4) is 5.75 Å². The summed E-state index contributed by atoms with van der Waals surface area (Å²) in [7, 11) is 0. The van der Waals surface area contributed by atoms with Crippen LogP contribution in [0, 0.1) is 5.41 Å². The van der Waals surface area contributed by atoms with Gasteiger partial charge in [-0.15, -0.1) is 13.2 Å². The van der Waals surface area contributed by atoms with Gasteiger partial charge in [0.15, 0.2) is 0 Å². The van der Waals surface area contributed by atoms with E-state index in [1.54, 1.807) is 6.07 Å². The van der Waals surface area contributed by atoms with E-state index in [2.05, 4.69) is 15.4 Å².